The molecule has 0 saturated carbocycles. The van der Waals surface area contributed by atoms with Crippen molar-refractivity contribution >= 4 is 56.1 Å². The third-order valence-corrected chi connectivity index (χ3v) is 5.88. The Morgan fingerprint density at radius 2 is 1.96 bits per heavy atom. The molecule has 2 N–H and O–H groups in total. The number of benzene rings is 1. The van der Waals surface area contributed by atoms with Crippen molar-refractivity contribution in [3.8, 4) is 16.3 Å². The van der Waals surface area contributed by atoms with E-state index < -0.39 is 5.41 Å². The lowest BCUT2D eigenvalue weighted by Crippen LogP contribution is -2.27. The average Bonchev–Trinajstić information content (AvgIpc) is 3.20. The molecular weight excluding hydrogens is 416 g/mol. The van der Waals surface area contributed by atoms with Crippen LogP contribution in [-0.2, 0) is 4.79 Å². The maximum atomic E-state index is 12.2. The van der Waals surface area contributed by atoms with Gasteiger partial charge in [0.2, 0.25) is 5.91 Å². The van der Waals surface area contributed by atoms with Crippen LogP contribution in [0.2, 0.25) is 5.02 Å². The molecule has 1 aromatic carbocycles. The Balaban J connectivity index is 1.82. The smallest absolute Gasteiger partial charge is 0.231 e. The minimum absolute atomic E-state index is 0.0705. The van der Waals surface area contributed by atoms with E-state index in [1.165, 1.54) is 22.7 Å². The minimum Gasteiger partial charge on any atom is -0.495 e. The zero-order valence-electron chi connectivity index (χ0n) is 16.2. The Kier molecular flexibility index (Phi) is 5.92. The van der Waals surface area contributed by atoms with Crippen LogP contribution < -0.4 is 15.4 Å². The fraction of sp³-hybridized carbons (Fsp3) is 0.316. The second kappa shape index (κ2) is 8.06. The molecule has 0 radical (unpaired) electrons. The Labute approximate surface area is 176 Å². The van der Waals surface area contributed by atoms with Gasteiger partial charge in [-0.3, -0.25) is 4.79 Å². The molecule has 0 aliphatic carbocycles. The molecular formula is C19H21ClN4O2S2. The molecule has 1 amide bonds. The molecule has 6 nitrogen and oxygen atoms in total. The fourth-order valence-corrected chi connectivity index (χ4v) is 4.23. The molecule has 3 aromatic rings. The van der Waals surface area contributed by atoms with Gasteiger partial charge in [-0.15, -0.1) is 11.3 Å². The van der Waals surface area contributed by atoms with Crippen LogP contribution in [0.15, 0.2) is 24.4 Å². The fourth-order valence-electron chi connectivity index (χ4n) is 2.30. The van der Waals surface area contributed by atoms with Gasteiger partial charge < -0.3 is 15.4 Å². The van der Waals surface area contributed by atoms with Gasteiger partial charge in [-0.2, -0.15) is 0 Å². The van der Waals surface area contributed by atoms with Gasteiger partial charge in [-0.25, -0.2) is 9.97 Å². The largest absolute Gasteiger partial charge is 0.495 e. The molecule has 3 rings (SSSR count). The van der Waals surface area contributed by atoms with E-state index in [4.69, 9.17) is 16.3 Å². The van der Waals surface area contributed by atoms with Gasteiger partial charge in [0, 0.05) is 21.5 Å². The summed E-state index contributed by atoms with van der Waals surface area (Å²) in [5.41, 5.74) is 1.11. The number of methoxy groups -OCH3 is 1. The first-order valence-electron chi connectivity index (χ1n) is 8.53. The van der Waals surface area contributed by atoms with Gasteiger partial charge in [0.05, 0.1) is 23.4 Å². The van der Waals surface area contributed by atoms with Gasteiger partial charge in [-0.1, -0.05) is 43.7 Å². The maximum absolute atomic E-state index is 12.2. The highest BCUT2D eigenvalue weighted by atomic mass is 35.5. The van der Waals surface area contributed by atoms with E-state index in [9.17, 15) is 4.79 Å². The van der Waals surface area contributed by atoms with Crippen LogP contribution in [0.25, 0.3) is 10.6 Å². The zero-order valence-corrected chi connectivity index (χ0v) is 18.6. The number of ether oxygens (including phenoxy) is 1. The number of nitrogens with zero attached hydrogens (tertiary/aromatic N) is 2. The van der Waals surface area contributed by atoms with E-state index in [1.807, 2.05) is 27.7 Å². The number of rotatable bonds is 5. The average molecular weight is 437 g/mol. The number of aryl methyl sites for hydroxylation is 1. The molecule has 0 spiro atoms. The predicted molar refractivity (Wildman–Crippen MR) is 117 cm³/mol. The molecule has 9 heteroatoms. The number of hydrogen-bond acceptors (Lipinski definition) is 7. The van der Waals surface area contributed by atoms with Crippen molar-refractivity contribution in [3.63, 3.8) is 0 Å². The van der Waals surface area contributed by atoms with Crippen molar-refractivity contribution in [2.75, 3.05) is 17.7 Å². The van der Waals surface area contributed by atoms with Gasteiger partial charge in [0.1, 0.15) is 5.75 Å². The van der Waals surface area contributed by atoms with Crippen LogP contribution in [-0.4, -0.2) is 23.0 Å². The number of amides is 1. The number of carbonyl (C=O) groups is 1. The zero-order chi connectivity index (χ0) is 20.5. The first kappa shape index (κ1) is 20.6. The van der Waals surface area contributed by atoms with Crippen molar-refractivity contribution in [2.24, 2.45) is 5.41 Å². The van der Waals surface area contributed by atoms with Crippen LogP contribution in [0.5, 0.6) is 5.75 Å². The van der Waals surface area contributed by atoms with E-state index in [-0.39, 0.29) is 5.91 Å². The van der Waals surface area contributed by atoms with Crippen molar-refractivity contribution in [2.45, 2.75) is 27.7 Å². The van der Waals surface area contributed by atoms with Gasteiger partial charge in [-0.05, 0) is 25.1 Å². The molecule has 28 heavy (non-hydrogen) atoms. The van der Waals surface area contributed by atoms with Crippen molar-refractivity contribution in [1.82, 2.24) is 9.97 Å². The third kappa shape index (κ3) is 4.63. The molecule has 0 unspecified atom stereocenters. The van der Waals surface area contributed by atoms with Gasteiger partial charge in [0.15, 0.2) is 10.3 Å². The number of aromatic nitrogens is 2. The number of anilines is 3. The Bertz CT molecular complexity index is 1010. The molecule has 0 bridgehead atoms. The lowest BCUT2D eigenvalue weighted by atomic mass is 9.96. The van der Waals surface area contributed by atoms with Crippen molar-refractivity contribution in [1.29, 1.82) is 0 Å². The normalized spacial score (nSPS) is 11.4. The quantitative estimate of drug-likeness (QED) is 0.515. The minimum atomic E-state index is -0.477. The summed E-state index contributed by atoms with van der Waals surface area (Å²) in [6.07, 6.45) is 1.73. The summed E-state index contributed by atoms with van der Waals surface area (Å²) in [5, 5.41) is 8.02. The van der Waals surface area contributed by atoms with Crippen LogP contribution in [0.4, 0.5) is 16.0 Å². The van der Waals surface area contributed by atoms with Gasteiger partial charge >= 0.3 is 0 Å². The maximum Gasteiger partial charge on any atom is 0.231 e. The molecule has 0 saturated heterocycles. The summed E-state index contributed by atoms with van der Waals surface area (Å²) in [4.78, 5) is 23.1. The van der Waals surface area contributed by atoms with Gasteiger partial charge in [0.25, 0.3) is 0 Å². The van der Waals surface area contributed by atoms with E-state index >= 15 is 0 Å². The van der Waals surface area contributed by atoms with Crippen molar-refractivity contribution in [3.05, 3.63) is 34.3 Å². The second-order valence-corrected chi connectivity index (χ2v) is 9.80. The highest BCUT2D eigenvalue weighted by molar-refractivity contribution is 7.20. The Morgan fingerprint density at radius 1 is 1.21 bits per heavy atom. The van der Waals surface area contributed by atoms with E-state index in [1.54, 1.807) is 31.5 Å². The third-order valence-electron chi connectivity index (χ3n) is 3.84. The summed E-state index contributed by atoms with van der Waals surface area (Å²) in [6, 6.07) is 5.37. The van der Waals surface area contributed by atoms with Crippen molar-refractivity contribution < 1.29 is 9.53 Å². The van der Waals surface area contributed by atoms with Crippen LogP contribution in [0, 0.1) is 12.3 Å². The monoisotopic (exact) mass is 436 g/mol. The molecule has 0 fully saturated rings. The lowest BCUT2D eigenvalue weighted by Gasteiger charge is -2.15. The molecule has 0 aliphatic rings. The molecule has 0 aliphatic heterocycles. The number of nitrogens with one attached hydrogen (secondary N) is 2. The summed E-state index contributed by atoms with van der Waals surface area (Å²) in [7, 11) is 1.61. The Hall–Kier alpha value is -2.16. The highest BCUT2D eigenvalue weighted by Crippen LogP contribution is 2.38. The predicted octanol–water partition coefficient (Wildman–Crippen LogP) is 5.97. The summed E-state index contributed by atoms with van der Waals surface area (Å²) >= 11 is 9.02. The number of thiazole rings is 2. The number of halogens is 1. The summed E-state index contributed by atoms with van der Waals surface area (Å²) in [5.74, 6) is 0.613. The van der Waals surface area contributed by atoms with E-state index in [0.717, 1.165) is 26.3 Å². The first-order chi connectivity index (χ1) is 13.2. The number of carbonyl (C=O) groups excluding carboxylic acids is 1. The summed E-state index contributed by atoms with van der Waals surface area (Å²) < 4.78 is 5.37. The SMILES string of the molecule is COc1ccc(Cl)cc1Nc1nc(-c2cnc(NC(=O)C(C)(C)C)s2)c(C)s1. The summed E-state index contributed by atoms with van der Waals surface area (Å²) in [6.45, 7) is 7.59. The molecule has 2 aromatic heterocycles. The van der Waals surface area contributed by atoms with E-state index in [0.29, 0.717) is 15.9 Å². The second-order valence-electron chi connectivity index (χ2n) is 7.13. The highest BCUT2D eigenvalue weighted by Gasteiger charge is 2.23. The first-order valence-corrected chi connectivity index (χ1v) is 10.5. The Morgan fingerprint density at radius 3 is 2.64 bits per heavy atom. The molecule has 2 heterocycles. The molecule has 0 atom stereocenters. The lowest BCUT2D eigenvalue weighted by molar-refractivity contribution is -0.123. The number of hydrogen-bond donors (Lipinski definition) is 2. The standard InChI is InChI=1S/C19H21ClN4O2S2/c1-10-15(14-9-21-17(28-14)24-16(25)19(2,3)4)23-18(27-10)22-12-8-11(20)6-7-13(12)26-5/h6-9H,1-5H3,(H,22,23)(H,21,24,25). The van der Waals surface area contributed by atoms with E-state index in [2.05, 4.69) is 20.6 Å². The topological polar surface area (TPSA) is 76.1 Å². The van der Waals surface area contributed by atoms with Crippen LogP contribution >= 0.6 is 34.3 Å². The van der Waals surface area contributed by atoms with Crippen LogP contribution in [0.1, 0.15) is 25.6 Å². The molecule has 148 valence electrons. The van der Waals surface area contributed by atoms with Crippen LogP contribution in [0.3, 0.4) is 0 Å².